The van der Waals surface area contributed by atoms with Crippen molar-refractivity contribution in [2.75, 3.05) is 13.7 Å². The van der Waals surface area contributed by atoms with Gasteiger partial charge < -0.3 is 15.2 Å². The van der Waals surface area contributed by atoms with Gasteiger partial charge in [-0.2, -0.15) is 13.2 Å². The summed E-state index contributed by atoms with van der Waals surface area (Å²) in [4.78, 5) is 29.4. The Balaban J connectivity index is 2.12. The van der Waals surface area contributed by atoms with E-state index < -0.39 is 30.7 Å². The van der Waals surface area contributed by atoms with E-state index in [1.807, 2.05) is 0 Å². The molecule has 0 saturated heterocycles. The molecule has 3 aromatic rings. The van der Waals surface area contributed by atoms with E-state index in [9.17, 15) is 27.9 Å². The zero-order valence-electron chi connectivity index (χ0n) is 15.2. The number of carbonyl (C=O) groups excluding carboxylic acids is 1. The van der Waals surface area contributed by atoms with Crippen LogP contribution >= 0.6 is 0 Å². The third-order valence-electron chi connectivity index (χ3n) is 4.05. The number of fused-ring (bicyclic) bond motifs is 1. The third-order valence-corrected chi connectivity index (χ3v) is 4.05. The number of aromatic hydroxyl groups is 1. The maximum absolute atomic E-state index is 12.9. The van der Waals surface area contributed by atoms with Gasteiger partial charge in [0.15, 0.2) is 0 Å². The maximum atomic E-state index is 12.9. The summed E-state index contributed by atoms with van der Waals surface area (Å²) in [6, 6.07) is 10.5. The molecule has 7 nitrogen and oxygen atoms in total. The summed E-state index contributed by atoms with van der Waals surface area (Å²) >= 11 is 0. The predicted octanol–water partition coefficient (Wildman–Crippen LogP) is 2.46. The highest BCUT2D eigenvalue weighted by Gasteiger charge is 2.28. The number of alkyl halides is 3. The van der Waals surface area contributed by atoms with Crippen LogP contribution in [0.25, 0.3) is 22.3 Å². The van der Waals surface area contributed by atoms with E-state index in [2.05, 4.69) is 4.98 Å². The minimum absolute atomic E-state index is 0.0280. The van der Waals surface area contributed by atoms with Gasteiger partial charge in [0.05, 0.1) is 18.0 Å². The van der Waals surface area contributed by atoms with Gasteiger partial charge in [0, 0.05) is 5.56 Å². The second kappa shape index (κ2) is 7.82. The molecule has 0 bridgehead atoms. The lowest BCUT2D eigenvalue weighted by Gasteiger charge is -2.15. The van der Waals surface area contributed by atoms with Crippen LogP contribution in [0, 0.1) is 0 Å². The van der Waals surface area contributed by atoms with Crippen LogP contribution in [0.3, 0.4) is 0 Å². The number of phenols is 1. The monoisotopic (exact) mass is 407 g/mol. The zero-order valence-corrected chi connectivity index (χ0v) is 15.2. The molecule has 0 aliphatic heterocycles. The Bertz CT molecular complexity index is 1130. The normalized spacial score (nSPS) is 11.4. The molecule has 1 amide bonds. The molecule has 0 atom stereocenters. The number of halogens is 3. The molecule has 3 rings (SSSR count). The topological polar surface area (TPSA) is 93.4 Å². The molecule has 0 aliphatic carbocycles. The van der Waals surface area contributed by atoms with Gasteiger partial charge in [0.1, 0.15) is 30.4 Å². The van der Waals surface area contributed by atoms with Crippen molar-refractivity contribution in [3.8, 4) is 22.9 Å². The molecule has 0 aliphatic rings. The maximum Gasteiger partial charge on any atom is 0.405 e. The molecule has 29 heavy (non-hydrogen) atoms. The van der Waals surface area contributed by atoms with E-state index in [0.29, 0.717) is 11.3 Å². The number of hydrogen-bond acceptors (Lipinski definition) is 5. The molecule has 10 heteroatoms. The average Bonchev–Trinajstić information content (AvgIpc) is 2.68. The van der Waals surface area contributed by atoms with Gasteiger partial charge in [-0.3, -0.25) is 14.2 Å². The standard InChI is InChI=1S/C19H16F3N3O4/c1-29-13-4-2-3-11(7-13)17-24-15-6-5-12(26)8-14(15)18(28)25(17)9-16(27)23-10-19(20,21)22/h2-8,26H,9-10H2,1H3,(H,23,27). The first-order valence-electron chi connectivity index (χ1n) is 8.39. The Labute approximate surface area is 162 Å². The number of methoxy groups -OCH3 is 1. The quantitative estimate of drug-likeness (QED) is 0.678. The number of ether oxygens (including phenoxy) is 1. The highest BCUT2D eigenvalue weighted by atomic mass is 19.4. The minimum Gasteiger partial charge on any atom is -0.508 e. The van der Waals surface area contributed by atoms with Crippen molar-refractivity contribution in [3.63, 3.8) is 0 Å². The zero-order chi connectivity index (χ0) is 21.2. The smallest absolute Gasteiger partial charge is 0.405 e. The van der Waals surface area contributed by atoms with E-state index in [1.165, 1.54) is 25.3 Å². The molecule has 2 aromatic carbocycles. The van der Waals surface area contributed by atoms with E-state index in [0.717, 1.165) is 4.57 Å². The van der Waals surface area contributed by atoms with Crippen molar-refractivity contribution in [1.29, 1.82) is 0 Å². The van der Waals surface area contributed by atoms with Crippen LogP contribution in [-0.4, -0.2) is 40.4 Å². The molecule has 0 spiro atoms. The Morgan fingerprint density at radius 3 is 2.69 bits per heavy atom. The van der Waals surface area contributed by atoms with Crippen molar-refractivity contribution in [2.45, 2.75) is 12.7 Å². The van der Waals surface area contributed by atoms with Gasteiger partial charge >= 0.3 is 6.18 Å². The van der Waals surface area contributed by atoms with E-state index >= 15 is 0 Å². The summed E-state index contributed by atoms with van der Waals surface area (Å²) in [6.07, 6.45) is -4.58. The summed E-state index contributed by atoms with van der Waals surface area (Å²) in [6.45, 7) is -2.20. The SMILES string of the molecule is COc1cccc(-c2nc3ccc(O)cc3c(=O)n2CC(=O)NCC(F)(F)F)c1. The first-order valence-corrected chi connectivity index (χ1v) is 8.39. The number of carbonyl (C=O) groups is 1. The number of nitrogens with zero attached hydrogens (tertiary/aromatic N) is 2. The van der Waals surface area contributed by atoms with Crippen LogP contribution in [0.15, 0.2) is 47.3 Å². The van der Waals surface area contributed by atoms with Crippen LogP contribution in [0.5, 0.6) is 11.5 Å². The number of nitrogens with one attached hydrogen (secondary N) is 1. The Kier molecular flexibility index (Phi) is 5.44. The first-order chi connectivity index (χ1) is 13.7. The Hall–Kier alpha value is -3.56. The molecule has 152 valence electrons. The fourth-order valence-corrected chi connectivity index (χ4v) is 2.74. The summed E-state index contributed by atoms with van der Waals surface area (Å²) < 4.78 is 43.2. The van der Waals surface area contributed by atoms with Gasteiger partial charge in [-0.25, -0.2) is 4.98 Å². The summed E-state index contributed by atoms with van der Waals surface area (Å²) in [5.41, 5.74) is 0.0171. The number of aromatic nitrogens is 2. The molecule has 1 aromatic heterocycles. The van der Waals surface area contributed by atoms with Gasteiger partial charge in [-0.1, -0.05) is 12.1 Å². The average molecular weight is 407 g/mol. The van der Waals surface area contributed by atoms with Crippen LogP contribution in [0.2, 0.25) is 0 Å². The Morgan fingerprint density at radius 1 is 1.24 bits per heavy atom. The first kappa shape index (κ1) is 20.2. The van der Waals surface area contributed by atoms with E-state index in [1.54, 1.807) is 29.6 Å². The highest BCUT2D eigenvalue weighted by Crippen LogP contribution is 2.24. The second-order valence-corrected chi connectivity index (χ2v) is 6.15. The summed E-state index contributed by atoms with van der Waals surface area (Å²) in [5, 5.41) is 11.4. The minimum atomic E-state index is -4.58. The third kappa shape index (κ3) is 4.65. The number of phenolic OH excluding ortho intramolecular Hbond substituents is 1. The van der Waals surface area contributed by atoms with Gasteiger partial charge in [0.25, 0.3) is 5.56 Å². The summed E-state index contributed by atoms with van der Waals surface area (Å²) in [5.74, 6) is -0.640. The largest absolute Gasteiger partial charge is 0.508 e. The predicted molar refractivity (Wildman–Crippen MR) is 98.7 cm³/mol. The fraction of sp³-hybridized carbons (Fsp3) is 0.211. The van der Waals surface area contributed by atoms with Crippen molar-refractivity contribution < 1.29 is 27.8 Å². The number of hydrogen-bond donors (Lipinski definition) is 2. The Morgan fingerprint density at radius 2 is 2.00 bits per heavy atom. The number of benzene rings is 2. The van der Waals surface area contributed by atoms with Crippen LogP contribution < -0.4 is 15.6 Å². The summed E-state index contributed by atoms with van der Waals surface area (Å²) in [7, 11) is 1.45. The van der Waals surface area contributed by atoms with Crippen LogP contribution in [-0.2, 0) is 11.3 Å². The van der Waals surface area contributed by atoms with E-state index in [-0.39, 0.29) is 22.5 Å². The van der Waals surface area contributed by atoms with Gasteiger partial charge in [0.2, 0.25) is 5.91 Å². The van der Waals surface area contributed by atoms with Crippen LogP contribution in [0.4, 0.5) is 13.2 Å². The lowest BCUT2D eigenvalue weighted by Crippen LogP contribution is -2.38. The lowest BCUT2D eigenvalue weighted by molar-refractivity contribution is -0.138. The number of rotatable bonds is 5. The van der Waals surface area contributed by atoms with Gasteiger partial charge in [-0.05, 0) is 30.3 Å². The lowest BCUT2D eigenvalue weighted by atomic mass is 10.1. The molecular weight excluding hydrogens is 391 g/mol. The fourth-order valence-electron chi connectivity index (χ4n) is 2.74. The molecule has 0 fully saturated rings. The van der Waals surface area contributed by atoms with E-state index in [4.69, 9.17) is 4.74 Å². The molecule has 0 radical (unpaired) electrons. The molecule has 1 heterocycles. The van der Waals surface area contributed by atoms with Crippen molar-refractivity contribution in [2.24, 2.45) is 0 Å². The van der Waals surface area contributed by atoms with Gasteiger partial charge in [-0.15, -0.1) is 0 Å². The van der Waals surface area contributed by atoms with Crippen molar-refractivity contribution in [1.82, 2.24) is 14.9 Å². The molecule has 0 saturated carbocycles. The van der Waals surface area contributed by atoms with Crippen molar-refractivity contribution in [3.05, 3.63) is 52.8 Å². The van der Waals surface area contributed by atoms with Crippen LogP contribution in [0.1, 0.15) is 0 Å². The van der Waals surface area contributed by atoms with Crippen molar-refractivity contribution >= 4 is 16.8 Å². The molecule has 2 N–H and O–H groups in total. The second-order valence-electron chi connectivity index (χ2n) is 6.15. The number of amides is 1. The molecular formula is C19H16F3N3O4. The molecule has 0 unspecified atom stereocenters. The highest BCUT2D eigenvalue weighted by molar-refractivity contribution is 5.83.